The highest BCUT2D eigenvalue weighted by atomic mass is 16.5. The van der Waals surface area contributed by atoms with E-state index in [-0.39, 0.29) is 5.91 Å². The minimum Gasteiger partial charge on any atom is -0.456 e. The van der Waals surface area contributed by atoms with Crippen molar-refractivity contribution in [2.75, 3.05) is 26.3 Å². The molecule has 0 aromatic carbocycles. The lowest BCUT2D eigenvalue weighted by atomic mass is 10.4. The normalized spacial score (nSPS) is 17.7. The smallest absolute Gasteiger partial charge is 0.301 e. The van der Waals surface area contributed by atoms with Gasteiger partial charge in [0, 0.05) is 13.1 Å². The summed E-state index contributed by atoms with van der Waals surface area (Å²) < 4.78 is 10.4. The Morgan fingerprint density at radius 2 is 2.13 bits per heavy atom. The maximum Gasteiger partial charge on any atom is 0.301 e. The Hall–Kier alpha value is -1.33. The van der Waals surface area contributed by atoms with Crippen LogP contribution in [0, 0.1) is 6.92 Å². The number of carbonyl (C=O) groups excluding carboxylic acids is 1. The van der Waals surface area contributed by atoms with Gasteiger partial charge in [0.05, 0.1) is 13.2 Å². The number of hydrazine groups is 1. The minimum absolute atomic E-state index is 0.204. The SMILES string of the molecule is Cc1ccc(C(=O)NN2CCOCC2)o1. The molecule has 5 nitrogen and oxygen atoms in total. The van der Waals surface area contributed by atoms with E-state index in [1.54, 1.807) is 12.1 Å². The number of nitrogens with zero attached hydrogens (tertiary/aromatic N) is 1. The van der Waals surface area contributed by atoms with Crippen molar-refractivity contribution in [3.05, 3.63) is 23.7 Å². The Labute approximate surface area is 88.0 Å². The molecule has 1 aromatic rings. The van der Waals surface area contributed by atoms with Crippen LogP contribution in [-0.2, 0) is 4.74 Å². The van der Waals surface area contributed by atoms with Crippen LogP contribution in [0.3, 0.4) is 0 Å². The van der Waals surface area contributed by atoms with Crippen molar-refractivity contribution in [3.8, 4) is 0 Å². The molecule has 1 saturated heterocycles. The average Bonchev–Trinajstić information content (AvgIpc) is 2.66. The number of ether oxygens (including phenoxy) is 1. The monoisotopic (exact) mass is 210 g/mol. The van der Waals surface area contributed by atoms with E-state index in [0.29, 0.717) is 32.1 Å². The first kappa shape index (κ1) is 10.2. The molecule has 1 aliphatic heterocycles. The summed E-state index contributed by atoms with van der Waals surface area (Å²) in [6, 6.07) is 3.44. The van der Waals surface area contributed by atoms with Gasteiger partial charge < -0.3 is 9.15 Å². The summed E-state index contributed by atoms with van der Waals surface area (Å²) in [5.41, 5.74) is 2.77. The number of hydrogen-bond acceptors (Lipinski definition) is 4. The first-order chi connectivity index (χ1) is 7.25. The third-order valence-electron chi connectivity index (χ3n) is 2.23. The molecule has 0 aliphatic carbocycles. The fourth-order valence-corrected chi connectivity index (χ4v) is 1.43. The quantitative estimate of drug-likeness (QED) is 0.775. The Kier molecular flexibility index (Phi) is 3.03. The van der Waals surface area contributed by atoms with Gasteiger partial charge in [0.15, 0.2) is 5.76 Å². The zero-order chi connectivity index (χ0) is 10.7. The van der Waals surface area contributed by atoms with Gasteiger partial charge in [0.2, 0.25) is 0 Å². The molecule has 0 spiro atoms. The Morgan fingerprint density at radius 3 is 2.73 bits per heavy atom. The maximum atomic E-state index is 11.6. The van der Waals surface area contributed by atoms with Crippen LogP contribution < -0.4 is 5.43 Å². The van der Waals surface area contributed by atoms with Gasteiger partial charge in [-0.05, 0) is 19.1 Å². The van der Waals surface area contributed by atoms with Crippen molar-refractivity contribution in [2.24, 2.45) is 0 Å². The fourth-order valence-electron chi connectivity index (χ4n) is 1.43. The molecule has 5 heteroatoms. The molecule has 0 radical (unpaired) electrons. The molecule has 0 atom stereocenters. The summed E-state index contributed by atoms with van der Waals surface area (Å²) in [5.74, 6) is 0.881. The number of amides is 1. The summed E-state index contributed by atoms with van der Waals surface area (Å²) >= 11 is 0. The lowest BCUT2D eigenvalue weighted by Gasteiger charge is -2.26. The fraction of sp³-hybridized carbons (Fsp3) is 0.500. The van der Waals surface area contributed by atoms with Crippen molar-refractivity contribution in [1.29, 1.82) is 0 Å². The summed E-state index contributed by atoms with van der Waals surface area (Å²) in [6.07, 6.45) is 0. The van der Waals surface area contributed by atoms with Gasteiger partial charge in [-0.1, -0.05) is 0 Å². The van der Waals surface area contributed by atoms with Gasteiger partial charge >= 0.3 is 5.91 Å². The van der Waals surface area contributed by atoms with Crippen molar-refractivity contribution in [3.63, 3.8) is 0 Å². The summed E-state index contributed by atoms with van der Waals surface area (Å²) in [7, 11) is 0. The van der Waals surface area contributed by atoms with Gasteiger partial charge in [0.1, 0.15) is 5.76 Å². The van der Waals surface area contributed by atoms with Crippen molar-refractivity contribution in [2.45, 2.75) is 6.92 Å². The Balaban J connectivity index is 1.91. The summed E-state index contributed by atoms with van der Waals surface area (Å²) in [5, 5.41) is 1.84. The standard InChI is InChI=1S/C10H14N2O3/c1-8-2-3-9(15-8)10(13)11-12-4-6-14-7-5-12/h2-3H,4-7H2,1H3,(H,11,13). The van der Waals surface area contributed by atoms with E-state index in [1.807, 2.05) is 11.9 Å². The third-order valence-corrected chi connectivity index (χ3v) is 2.23. The molecule has 1 aromatic heterocycles. The van der Waals surface area contributed by atoms with E-state index in [4.69, 9.17) is 9.15 Å². The average molecular weight is 210 g/mol. The summed E-state index contributed by atoms with van der Waals surface area (Å²) in [6.45, 7) is 4.54. The predicted octanol–water partition coefficient (Wildman–Crippen LogP) is 0.565. The van der Waals surface area contributed by atoms with E-state index in [0.717, 1.165) is 5.76 Å². The second-order valence-corrected chi connectivity index (χ2v) is 3.45. The van der Waals surface area contributed by atoms with Gasteiger partial charge in [-0.2, -0.15) is 0 Å². The second kappa shape index (κ2) is 4.46. The number of nitrogens with one attached hydrogen (secondary N) is 1. The topological polar surface area (TPSA) is 54.7 Å². The van der Waals surface area contributed by atoms with Crippen molar-refractivity contribution in [1.82, 2.24) is 10.4 Å². The van der Waals surface area contributed by atoms with Crippen LogP contribution in [0.2, 0.25) is 0 Å². The van der Waals surface area contributed by atoms with Gasteiger partial charge in [-0.25, -0.2) is 5.01 Å². The molecule has 0 unspecified atom stereocenters. The van der Waals surface area contributed by atoms with Crippen LogP contribution in [0.4, 0.5) is 0 Å². The van der Waals surface area contributed by atoms with Crippen molar-refractivity contribution >= 4 is 5.91 Å². The van der Waals surface area contributed by atoms with Crippen molar-refractivity contribution < 1.29 is 13.9 Å². The van der Waals surface area contributed by atoms with E-state index < -0.39 is 0 Å². The van der Waals surface area contributed by atoms with E-state index in [2.05, 4.69) is 5.43 Å². The Bertz CT molecular complexity index is 342. The number of hydrogen-bond donors (Lipinski definition) is 1. The van der Waals surface area contributed by atoms with Crippen LogP contribution in [0.15, 0.2) is 16.5 Å². The van der Waals surface area contributed by atoms with E-state index >= 15 is 0 Å². The molecule has 2 rings (SSSR count). The van der Waals surface area contributed by atoms with Gasteiger partial charge in [0.25, 0.3) is 0 Å². The molecule has 1 fully saturated rings. The molecular weight excluding hydrogens is 196 g/mol. The number of carbonyl (C=O) groups is 1. The second-order valence-electron chi connectivity index (χ2n) is 3.45. The molecule has 15 heavy (non-hydrogen) atoms. The zero-order valence-electron chi connectivity index (χ0n) is 8.66. The van der Waals surface area contributed by atoms with Crippen LogP contribution in [-0.4, -0.2) is 37.2 Å². The third kappa shape index (κ3) is 2.57. The highest BCUT2D eigenvalue weighted by Crippen LogP contribution is 2.06. The van der Waals surface area contributed by atoms with Crippen LogP contribution in [0.25, 0.3) is 0 Å². The molecule has 82 valence electrons. The number of aryl methyl sites for hydroxylation is 1. The van der Waals surface area contributed by atoms with Crippen LogP contribution in [0.1, 0.15) is 16.3 Å². The number of rotatable bonds is 2. The molecule has 1 N–H and O–H groups in total. The predicted molar refractivity (Wildman–Crippen MR) is 53.3 cm³/mol. The van der Waals surface area contributed by atoms with E-state index in [1.165, 1.54) is 0 Å². The largest absolute Gasteiger partial charge is 0.456 e. The number of morpholine rings is 1. The van der Waals surface area contributed by atoms with Crippen LogP contribution >= 0.6 is 0 Å². The first-order valence-electron chi connectivity index (χ1n) is 4.96. The first-order valence-corrected chi connectivity index (χ1v) is 4.96. The molecule has 0 saturated carbocycles. The minimum atomic E-state index is -0.204. The Morgan fingerprint density at radius 1 is 1.40 bits per heavy atom. The zero-order valence-corrected chi connectivity index (χ0v) is 8.66. The van der Waals surface area contributed by atoms with Gasteiger partial charge in [-0.15, -0.1) is 0 Å². The van der Waals surface area contributed by atoms with Gasteiger partial charge in [-0.3, -0.25) is 10.2 Å². The van der Waals surface area contributed by atoms with Crippen LogP contribution in [0.5, 0.6) is 0 Å². The maximum absolute atomic E-state index is 11.6. The summed E-state index contributed by atoms with van der Waals surface area (Å²) in [4.78, 5) is 11.6. The lowest BCUT2D eigenvalue weighted by Crippen LogP contribution is -2.48. The molecule has 2 heterocycles. The van der Waals surface area contributed by atoms with E-state index in [9.17, 15) is 4.79 Å². The number of furan rings is 1. The highest BCUT2D eigenvalue weighted by molar-refractivity contribution is 5.91. The molecule has 1 amide bonds. The molecule has 0 bridgehead atoms. The lowest BCUT2D eigenvalue weighted by molar-refractivity contribution is 0.0117. The molecular formula is C10H14N2O3. The molecule has 1 aliphatic rings. The highest BCUT2D eigenvalue weighted by Gasteiger charge is 2.16.